The minimum Gasteiger partial charge on any atom is -0.356 e. The molecule has 7 heteroatoms. The molecule has 0 aliphatic carbocycles. The number of nitrogens with one attached hydrogen (secondary N) is 2. The van der Waals surface area contributed by atoms with E-state index in [1.54, 1.807) is 11.8 Å². The van der Waals surface area contributed by atoms with E-state index in [0.29, 0.717) is 32.7 Å². The number of carbonyl (C=O) groups excluding carboxylic acids is 3. The van der Waals surface area contributed by atoms with Gasteiger partial charge in [0, 0.05) is 45.7 Å². The van der Waals surface area contributed by atoms with Crippen molar-refractivity contribution in [3.63, 3.8) is 0 Å². The Hall–Kier alpha value is -1.79. The van der Waals surface area contributed by atoms with Crippen molar-refractivity contribution in [1.82, 2.24) is 20.4 Å². The molecule has 2 aliphatic heterocycles. The van der Waals surface area contributed by atoms with Crippen LogP contribution in [0.25, 0.3) is 0 Å². The second-order valence-electron chi connectivity index (χ2n) is 6.81. The monoisotopic (exact) mass is 338 g/mol. The standard InChI is InChI=1S/C17H30N4O3/c1-3-8-18-16(23)14-5-4-9-21(12-14)17(24)19-15-6-10-20(11-7-15)13(2)22/h14-15H,3-12H2,1-2H3,(H,18,23)(H,19,24). The Bertz CT molecular complexity index is 461. The number of likely N-dealkylation sites (tertiary alicyclic amines) is 2. The van der Waals surface area contributed by atoms with E-state index >= 15 is 0 Å². The van der Waals surface area contributed by atoms with E-state index in [1.807, 2.05) is 11.8 Å². The molecule has 1 atom stereocenters. The van der Waals surface area contributed by atoms with Crippen LogP contribution >= 0.6 is 0 Å². The zero-order chi connectivity index (χ0) is 17.5. The Morgan fingerprint density at radius 1 is 1.04 bits per heavy atom. The smallest absolute Gasteiger partial charge is 0.317 e. The van der Waals surface area contributed by atoms with Gasteiger partial charge in [-0.1, -0.05) is 6.92 Å². The fraction of sp³-hybridized carbons (Fsp3) is 0.824. The summed E-state index contributed by atoms with van der Waals surface area (Å²) < 4.78 is 0. The molecule has 2 heterocycles. The lowest BCUT2D eigenvalue weighted by Gasteiger charge is -2.35. The molecule has 1 unspecified atom stereocenters. The topological polar surface area (TPSA) is 81.8 Å². The van der Waals surface area contributed by atoms with Gasteiger partial charge in [-0.2, -0.15) is 0 Å². The van der Waals surface area contributed by atoms with Gasteiger partial charge in [-0.3, -0.25) is 9.59 Å². The molecule has 4 amide bonds. The second kappa shape index (κ2) is 8.89. The summed E-state index contributed by atoms with van der Waals surface area (Å²) in [5.41, 5.74) is 0. The van der Waals surface area contributed by atoms with Crippen LogP contribution in [0.3, 0.4) is 0 Å². The van der Waals surface area contributed by atoms with Gasteiger partial charge < -0.3 is 20.4 Å². The molecule has 0 bridgehead atoms. The van der Waals surface area contributed by atoms with Gasteiger partial charge in [-0.05, 0) is 32.1 Å². The van der Waals surface area contributed by atoms with Crippen molar-refractivity contribution in [3.05, 3.63) is 0 Å². The third kappa shape index (κ3) is 5.11. The van der Waals surface area contributed by atoms with Crippen LogP contribution in [0.1, 0.15) is 46.0 Å². The SMILES string of the molecule is CCCNC(=O)C1CCCN(C(=O)NC2CCN(C(C)=O)CC2)C1. The van der Waals surface area contributed by atoms with Gasteiger partial charge in [0.25, 0.3) is 0 Å². The highest BCUT2D eigenvalue weighted by Gasteiger charge is 2.30. The summed E-state index contributed by atoms with van der Waals surface area (Å²) in [5.74, 6) is 0.0523. The van der Waals surface area contributed by atoms with Crippen molar-refractivity contribution < 1.29 is 14.4 Å². The molecular formula is C17H30N4O3. The molecule has 0 spiro atoms. The highest BCUT2D eigenvalue weighted by atomic mass is 16.2. The Morgan fingerprint density at radius 3 is 2.38 bits per heavy atom. The maximum Gasteiger partial charge on any atom is 0.317 e. The van der Waals surface area contributed by atoms with E-state index in [1.165, 1.54) is 0 Å². The van der Waals surface area contributed by atoms with E-state index in [9.17, 15) is 14.4 Å². The summed E-state index contributed by atoms with van der Waals surface area (Å²) in [5, 5.41) is 5.99. The Morgan fingerprint density at radius 2 is 1.75 bits per heavy atom. The molecule has 0 aromatic carbocycles. The Kier molecular flexibility index (Phi) is 6.87. The van der Waals surface area contributed by atoms with Crippen molar-refractivity contribution >= 4 is 17.8 Å². The molecule has 0 radical (unpaired) electrons. The van der Waals surface area contributed by atoms with Crippen LogP contribution in [0.2, 0.25) is 0 Å². The van der Waals surface area contributed by atoms with Gasteiger partial charge in [-0.15, -0.1) is 0 Å². The van der Waals surface area contributed by atoms with Crippen LogP contribution in [0, 0.1) is 5.92 Å². The third-order valence-corrected chi connectivity index (χ3v) is 4.90. The van der Waals surface area contributed by atoms with Crippen LogP contribution < -0.4 is 10.6 Å². The van der Waals surface area contributed by atoms with Gasteiger partial charge in [0.2, 0.25) is 11.8 Å². The predicted molar refractivity (Wildman–Crippen MR) is 91.4 cm³/mol. The summed E-state index contributed by atoms with van der Waals surface area (Å²) in [6.07, 6.45) is 4.21. The molecule has 2 saturated heterocycles. The molecule has 0 aromatic rings. The number of carbonyl (C=O) groups is 3. The Balaban J connectivity index is 1.78. The van der Waals surface area contributed by atoms with Crippen LogP contribution in [0.4, 0.5) is 4.79 Å². The summed E-state index contributed by atoms with van der Waals surface area (Å²) in [4.78, 5) is 39.5. The predicted octanol–water partition coefficient (Wildman–Crippen LogP) is 0.945. The fourth-order valence-electron chi connectivity index (χ4n) is 3.37. The number of nitrogens with zero attached hydrogens (tertiary/aromatic N) is 2. The van der Waals surface area contributed by atoms with Crippen LogP contribution in [-0.4, -0.2) is 66.4 Å². The molecular weight excluding hydrogens is 308 g/mol. The minimum absolute atomic E-state index is 0.0594. The van der Waals surface area contributed by atoms with Crippen LogP contribution in [0.15, 0.2) is 0 Å². The van der Waals surface area contributed by atoms with E-state index in [0.717, 1.165) is 32.1 Å². The number of piperidine rings is 2. The summed E-state index contributed by atoms with van der Waals surface area (Å²) in [6.45, 7) is 6.89. The van der Waals surface area contributed by atoms with E-state index in [-0.39, 0.29) is 29.8 Å². The largest absolute Gasteiger partial charge is 0.356 e. The lowest BCUT2D eigenvalue weighted by molar-refractivity contribution is -0.130. The quantitative estimate of drug-likeness (QED) is 0.800. The molecule has 24 heavy (non-hydrogen) atoms. The minimum atomic E-state index is -0.101. The number of hydrogen-bond donors (Lipinski definition) is 2. The molecule has 2 rings (SSSR count). The van der Waals surface area contributed by atoms with Gasteiger partial charge in [0.05, 0.1) is 5.92 Å². The van der Waals surface area contributed by atoms with Gasteiger partial charge in [0.1, 0.15) is 0 Å². The first-order chi connectivity index (χ1) is 11.5. The van der Waals surface area contributed by atoms with Crippen molar-refractivity contribution in [1.29, 1.82) is 0 Å². The molecule has 0 saturated carbocycles. The Labute approximate surface area is 144 Å². The fourth-order valence-corrected chi connectivity index (χ4v) is 3.37. The maximum atomic E-state index is 12.5. The van der Waals surface area contributed by atoms with Crippen molar-refractivity contribution in [2.75, 3.05) is 32.7 Å². The van der Waals surface area contributed by atoms with Crippen LogP contribution in [-0.2, 0) is 9.59 Å². The van der Waals surface area contributed by atoms with Crippen molar-refractivity contribution in [3.8, 4) is 0 Å². The average Bonchev–Trinajstić information content (AvgIpc) is 2.60. The van der Waals surface area contributed by atoms with E-state index in [2.05, 4.69) is 10.6 Å². The first-order valence-electron chi connectivity index (χ1n) is 9.10. The first-order valence-corrected chi connectivity index (χ1v) is 9.10. The van der Waals surface area contributed by atoms with Crippen molar-refractivity contribution in [2.24, 2.45) is 5.92 Å². The van der Waals surface area contributed by atoms with Gasteiger partial charge in [-0.25, -0.2) is 4.79 Å². The zero-order valence-electron chi connectivity index (χ0n) is 14.8. The normalized spacial score (nSPS) is 22.2. The van der Waals surface area contributed by atoms with Crippen molar-refractivity contribution in [2.45, 2.75) is 52.0 Å². The maximum absolute atomic E-state index is 12.5. The van der Waals surface area contributed by atoms with Gasteiger partial charge >= 0.3 is 6.03 Å². The summed E-state index contributed by atoms with van der Waals surface area (Å²) in [6, 6.07) is 0.0339. The second-order valence-corrected chi connectivity index (χ2v) is 6.81. The molecule has 136 valence electrons. The first kappa shape index (κ1) is 18.5. The molecule has 7 nitrogen and oxygen atoms in total. The summed E-state index contributed by atoms with van der Waals surface area (Å²) in [7, 11) is 0. The average molecular weight is 338 g/mol. The zero-order valence-corrected chi connectivity index (χ0v) is 14.8. The van der Waals surface area contributed by atoms with E-state index in [4.69, 9.17) is 0 Å². The molecule has 0 aromatic heterocycles. The lowest BCUT2D eigenvalue weighted by Crippen LogP contribution is -2.53. The number of hydrogen-bond acceptors (Lipinski definition) is 3. The number of rotatable bonds is 4. The third-order valence-electron chi connectivity index (χ3n) is 4.90. The number of amides is 4. The molecule has 2 fully saturated rings. The van der Waals surface area contributed by atoms with Gasteiger partial charge in [0.15, 0.2) is 0 Å². The summed E-state index contributed by atoms with van der Waals surface area (Å²) >= 11 is 0. The lowest BCUT2D eigenvalue weighted by atomic mass is 9.97. The molecule has 2 aliphatic rings. The highest BCUT2D eigenvalue weighted by Crippen LogP contribution is 2.18. The van der Waals surface area contributed by atoms with E-state index < -0.39 is 0 Å². The highest BCUT2D eigenvalue weighted by molar-refractivity contribution is 5.81. The number of urea groups is 1. The van der Waals surface area contributed by atoms with Crippen LogP contribution in [0.5, 0.6) is 0 Å². The molecule has 2 N–H and O–H groups in total.